The van der Waals surface area contributed by atoms with E-state index in [0.717, 1.165) is 93.3 Å². The van der Waals surface area contributed by atoms with Crippen molar-refractivity contribution in [2.24, 2.45) is 5.92 Å². The predicted molar refractivity (Wildman–Crippen MR) is 233 cm³/mol. The molecule has 4 aromatic heterocycles. The Morgan fingerprint density at radius 2 is 1.78 bits per heavy atom. The van der Waals surface area contributed by atoms with Gasteiger partial charge in [-0.1, -0.05) is 17.3 Å². The third kappa shape index (κ3) is 8.07. The minimum Gasteiger partial charge on any atom is -0.374 e. The van der Waals surface area contributed by atoms with E-state index >= 15 is 0 Å². The normalized spacial score (nSPS) is 24.2. The van der Waals surface area contributed by atoms with Crippen LogP contribution in [0.5, 0.6) is 0 Å². The van der Waals surface area contributed by atoms with Crippen LogP contribution in [-0.4, -0.2) is 128 Å². The summed E-state index contributed by atoms with van der Waals surface area (Å²) in [5.41, 5.74) is 1.77. The first kappa shape index (κ1) is 41.3. The lowest BCUT2D eigenvalue weighted by Crippen LogP contribution is -2.49. The molecule has 5 fully saturated rings. The molecule has 0 radical (unpaired) electrons. The largest absolute Gasteiger partial charge is 0.374 e. The number of benzene rings is 2. The summed E-state index contributed by atoms with van der Waals surface area (Å²) in [5.74, 6) is -0.759. The summed E-state index contributed by atoms with van der Waals surface area (Å²) < 4.78 is 43.0. The van der Waals surface area contributed by atoms with Crippen molar-refractivity contribution in [2.45, 2.75) is 75.5 Å². The van der Waals surface area contributed by atoms with Crippen LogP contribution in [0.3, 0.4) is 0 Å². The van der Waals surface area contributed by atoms with Gasteiger partial charge in [0.15, 0.2) is 16.9 Å². The third-order valence-corrected chi connectivity index (χ3v) is 13.9. The summed E-state index contributed by atoms with van der Waals surface area (Å²) in [4.78, 5) is 62.6. The lowest BCUT2D eigenvalue weighted by Gasteiger charge is -2.38. The van der Waals surface area contributed by atoms with Crippen molar-refractivity contribution in [1.29, 1.82) is 0 Å². The standard InChI is InChI=1S/C45H48F2N12O6/c46-42(47)41-34(50-45(63)33-19-48-58-12-11-36(51-43(33)58)57-21-30-18-29(57)24-64-30)22-59(53-41)28-5-1-25(2-6-28)20-55-13-15-56(16-14-55)23-38(61)49-27-4-7-31-26(17-27)3-9-35-39(31)40(54-65-35)32-8-10-37(60)52-44(32)62/h3-4,7,9,11-12,17,19,22,25,28-30,32,42H,1-2,5-6,8,10,13-16,18,20-21,23-24H2,(H,49,61)(H,50,63)(H,52,60,62). The number of ether oxygens (including phenoxy) is 1. The zero-order chi connectivity index (χ0) is 44.3. The number of piperazine rings is 1. The fourth-order valence-electron chi connectivity index (χ4n) is 10.5. The van der Waals surface area contributed by atoms with Gasteiger partial charge in [0.1, 0.15) is 17.1 Å². The van der Waals surface area contributed by atoms with Crippen molar-refractivity contribution in [2.75, 3.05) is 68.0 Å². The van der Waals surface area contributed by atoms with E-state index < -0.39 is 23.9 Å². The first-order valence-electron chi connectivity index (χ1n) is 22.4. The summed E-state index contributed by atoms with van der Waals surface area (Å²) >= 11 is 0. The fraction of sp³-hybridized carbons (Fsp3) is 0.467. The van der Waals surface area contributed by atoms with Crippen molar-refractivity contribution in [3.8, 4) is 0 Å². The van der Waals surface area contributed by atoms with Gasteiger partial charge in [0, 0.05) is 63.8 Å². The topological polar surface area (TPSA) is 197 Å². The van der Waals surface area contributed by atoms with Crippen LogP contribution in [0, 0.1) is 5.92 Å². The molecule has 2 bridgehead atoms. The number of piperidine rings is 1. The third-order valence-electron chi connectivity index (χ3n) is 13.9. The molecule has 3 atom stereocenters. The van der Waals surface area contributed by atoms with Gasteiger partial charge >= 0.3 is 0 Å². The van der Waals surface area contributed by atoms with E-state index in [0.29, 0.717) is 41.6 Å². The lowest BCUT2D eigenvalue weighted by molar-refractivity contribution is -0.134. The highest BCUT2D eigenvalue weighted by molar-refractivity contribution is 6.11. The van der Waals surface area contributed by atoms with Gasteiger partial charge in [-0.05, 0) is 79.5 Å². The molecule has 2 aromatic carbocycles. The molecule has 4 aliphatic heterocycles. The van der Waals surface area contributed by atoms with Crippen LogP contribution < -0.4 is 20.9 Å². The smallest absolute Gasteiger partial charge is 0.284 e. The first-order valence-corrected chi connectivity index (χ1v) is 22.4. The number of nitrogens with one attached hydrogen (secondary N) is 3. The lowest BCUT2D eigenvalue weighted by atomic mass is 9.85. The van der Waals surface area contributed by atoms with Crippen LogP contribution >= 0.6 is 0 Å². The number of rotatable bonds is 11. The molecule has 8 heterocycles. The number of imide groups is 1. The van der Waals surface area contributed by atoms with Gasteiger partial charge in [-0.2, -0.15) is 10.2 Å². The second kappa shape index (κ2) is 16.9. The van der Waals surface area contributed by atoms with Crippen molar-refractivity contribution in [3.05, 3.63) is 71.9 Å². The molecule has 65 heavy (non-hydrogen) atoms. The van der Waals surface area contributed by atoms with E-state index in [2.05, 4.69) is 46.0 Å². The van der Waals surface area contributed by atoms with Gasteiger partial charge < -0.3 is 29.7 Å². The highest BCUT2D eigenvalue weighted by Crippen LogP contribution is 2.38. The summed E-state index contributed by atoms with van der Waals surface area (Å²) in [6, 6.07) is 11.3. The van der Waals surface area contributed by atoms with Crippen LogP contribution in [-0.2, 0) is 19.1 Å². The quantitative estimate of drug-likeness (QED) is 0.149. The Morgan fingerprint density at radius 1 is 0.954 bits per heavy atom. The van der Waals surface area contributed by atoms with Gasteiger partial charge in [-0.25, -0.2) is 18.3 Å². The van der Waals surface area contributed by atoms with Crippen LogP contribution in [0.2, 0.25) is 0 Å². The van der Waals surface area contributed by atoms with Crippen molar-refractivity contribution >= 4 is 68.2 Å². The molecule has 3 unspecified atom stereocenters. The second-order valence-corrected chi connectivity index (χ2v) is 18.0. The number of hydrogen-bond acceptors (Lipinski definition) is 13. The molecule has 4 amide bonds. The molecule has 3 N–H and O–H groups in total. The van der Waals surface area contributed by atoms with Crippen molar-refractivity contribution in [1.82, 2.24) is 44.7 Å². The van der Waals surface area contributed by atoms with Gasteiger partial charge in [0.2, 0.25) is 17.7 Å². The number of fused-ring (bicyclic) bond motifs is 6. The number of alkyl halides is 2. The molecule has 1 aliphatic carbocycles. The number of aromatic nitrogens is 6. The average molecular weight is 891 g/mol. The molecule has 4 saturated heterocycles. The molecule has 338 valence electrons. The number of carbonyl (C=O) groups is 4. The zero-order valence-electron chi connectivity index (χ0n) is 35.5. The van der Waals surface area contributed by atoms with Crippen LogP contribution in [0.15, 0.2) is 59.5 Å². The Morgan fingerprint density at radius 3 is 2.55 bits per heavy atom. The van der Waals surface area contributed by atoms with Crippen molar-refractivity contribution < 1.29 is 37.2 Å². The van der Waals surface area contributed by atoms with E-state index in [1.54, 1.807) is 16.9 Å². The molecule has 0 spiro atoms. The molecule has 18 nitrogen and oxygen atoms in total. The predicted octanol–water partition coefficient (Wildman–Crippen LogP) is 4.90. The minimum absolute atomic E-state index is 0.0172. The number of carbonyl (C=O) groups excluding carboxylic acids is 4. The molecular weight excluding hydrogens is 843 g/mol. The average Bonchev–Trinajstić information content (AvgIpc) is 4.16. The SMILES string of the molecule is O=C1CCC(c2noc3ccc4cc(NC(=O)CN5CCN(CC6CCC(n7cc(NC(=O)c8cnn9ccc(N%10CC%11CC%10CO%11)nc89)c(C(F)F)n7)CC6)CC5)ccc4c23)C(=O)N1. The number of nitrogens with zero attached hydrogens (tertiary/aromatic N) is 9. The summed E-state index contributed by atoms with van der Waals surface area (Å²) in [5, 5.41) is 23.3. The molecule has 6 aromatic rings. The maximum Gasteiger partial charge on any atom is 0.284 e. The Balaban J connectivity index is 0.655. The van der Waals surface area contributed by atoms with Gasteiger partial charge in [0.25, 0.3) is 12.3 Å². The monoisotopic (exact) mass is 890 g/mol. The Bertz CT molecular complexity index is 2830. The number of morpholine rings is 1. The molecule has 20 heteroatoms. The Labute approximate surface area is 370 Å². The molecule has 1 saturated carbocycles. The van der Waals surface area contributed by atoms with Gasteiger partial charge in [-0.3, -0.25) is 34.1 Å². The number of halogens is 2. The minimum atomic E-state index is -2.87. The number of amides is 4. The Hall–Kier alpha value is -6.38. The fourth-order valence-corrected chi connectivity index (χ4v) is 10.5. The van der Waals surface area contributed by atoms with Gasteiger partial charge in [0.05, 0.1) is 54.5 Å². The van der Waals surface area contributed by atoms with Crippen LogP contribution in [0.4, 0.5) is 26.0 Å². The van der Waals surface area contributed by atoms with Crippen LogP contribution in [0.1, 0.15) is 85.1 Å². The van der Waals surface area contributed by atoms with Gasteiger partial charge in [-0.15, -0.1) is 0 Å². The summed E-state index contributed by atoms with van der Waals surface area (Å²) in [7, 11) is 0. The maximum absolute atomic E-state index is 14.3. The van der Waals surface area contributed by atoms with E-state index in [-0.39, 0.29) is 60.1 Å². The second-order valence-electron chi connectivity index (χ2n) is 18.0. The van der Waals surface area contributed by atoms with E-state index in [4.69, 9.17) is 14.2 Å². The number of anilines is 3. The van der Waals surface area contributed by atoms with E-state index in [1.807, 2.05) is 30.3 Å². The van der Waals surface area contributed by atoms with E-state index in [9.17, 15) is 28.0 Å². The number of hydrogen-bond donors (Lipinski definition) is 3. The molecule has 11 rings (SSSR count). The highest BCUT2D eigenvalue weighted by Gasteiger charge is 2.40. The summed E-state index contributed by atoms with van der Waals surface area (Å²) in [6.07, 6.45) is 6.94. The van der Waals surface area contributed by atoms with E-state index in [1.165, 1.54) is 16.9 Å². The Kier molecular flexibility index (Phi) is 10.7. The maximum atomic E-state index is 14.3. The summed E-state index contributed by atoms with van der Waals surface area (Å²) in [6.45, 7) is 5.76. The molecule has 5 aliphatic rings. The zero-order valence-corrected chi connectivity index (χ0v) is 35.5. The molecular formula is C45H48F2N12O6. The van der Waals surface area contributed by atoms with Crippen molar-refractivity contribution in [3.63, 3.8) is 0 Å². The van der Waals surface area contributed by atoms with Crippen LogP contribution in [0.25, 0.3) is 27.4 Å². The first-order chi connectivity index (χ1) is 31.6. The highest BCUT2D eigenvalue weighted by atomic mass is 19.3.